The van der Waals surface area contributed by atoms with E-state index in [2.05, 4.69) is 5.32 Å². The highest BCUT2D eigenvalue weighted by Gasteiger charge is 2.23. The van der Waals surface area contributed by atoms with Crippen molar-refractivity contribution in [3.63, 3.8) is 0 Å². The number of halogens is 1. The van der Waals surface area contributed by atoms with E-state index in [0.717, 1.165) is 30.0 Å². The summed E-state index contributed by atoms with van der Waals surface area (Å²) in [5.41, 5.74) is 0.312. The van der Waals surface area contributed by atoms with Gasteiger partial charge in [-0.1, -0.05) is 24.4 Å². The second kappa shape index (κ2) is 6.34. The van der Waals surface area contributed by atoms with Crippen LogP contribution in [0.2, 0.25) is 5.02 Å². The zero-order chi connectivity index (χ0) is 15.6. The lowest BCUT2D eigenvalue weighted by Gasteiger charge is -2.15. The molecule has 1 aromatic rings. The van der Waals surface area contributed by atoms with Gasteiger partial charge in [0.2, 0.25) is 10.0 Å². The van der Waals surface area contributed by atoms with Crippen LogP contribution >= 0.6 is 11.6 Å². The molecule has 1 fully saturated rings. The van der Waals surface area contributed by atoms with Gasteiger partial charge in [-0.05, 0) is 31.0 Å². The highest BCUT2D eigenvalue weighted by molar-refractivity contribution is 7.89. The lowest BCUT2D eigenvalue weighted by molar-refractivity contribution is 0.0937. The molecule has 21 heavy (non-hydrogen) atoms. The van der Waals surface area contributed by atoms with E-state index in [1.165, 1.54) is 26.2 Å². The Morgan fingerprint density at radius 2 is 1.90 bits per heavy atom. The van der Waals surface area contributed by atoms with Crippen molar-refractivity contribution in [2.24, 2.45) is 0 Å². The summed E-state index contributed by atoms with van der Waals surface area (Å²) in [6.07, 6.45) is 4.18. The lowest BCUT2D eigenvalue weighted by atomic mass is 10.2. The van der Waals surface area contributed by atoms with Crippen LogP contribution in [0.4, 0.5) is 0 Å². The van der Waals surface area contributed by atoms with Gasteiger partial charge in [0.25, 0.3) is 5.91 Å². The Labute approximate surface area is 130 Å². The zero-order valence-electron chi connectivity index (χ0n) is 12.1. The Kier molecular flexibility index (Phi) is 4.91. The number of hydrogen-bond donors (Lipinski definition) is 1. The molecule has 0 unspecified atom stereocenters. The minimum atomic E-state index is -3.67. The number of sulfonamides is 1. The van der Waals surface area contributed by atoms with Crippen molar-refractivity contribution < 1.29 is 13.2 Å². The van der Waals surface area contributed by atoms with Crippen molar-refractivity contribution in [2.45, 2.75) is 36.6 Å². The van der Waals surface area contributed by atoms with E-state index >= 15 is 0 Å². The first-order valence-electron chi connectivity index (χ1n) is 6.85. The fourth-order valence-corrected chi connectivity index (χ4v) is 3.77. The first-order chi connectivity index (χ1) is 9.82. The molecule has 1 saturated carbocycles. The number of carbonyl (C=O) groups excluding carboxylic acids is 1. The van der Waals surface area contributed by atoms with Crippen LogP contribution in [0, 0.1) is 0 Å². The Balaban J connectivity index is 2.28. The van der Waals surface area contributed by atoms with Gasteiger partial charge in [0.05, 0.1) is 5.02 Å². The van der Waals surface area contributed by atoms with Crippen LogP contribution in [0.1, 0.15) is 36.0 Å². The fourth-order valence-electron chi connectivity index (χ4n) is 2.38. The lowest BCUT2D eigenvalue weighted by Crippen LogP contribution is -2.32. The molecule has 0 radical (unpaired) electrons. The van der Waals surface area contributed by atoms with E-state index in [4.69, 9.17) is 11.6 Å². The average molecular weight is 331 g/mol. The van der Waals surface area contributed by atoms with Gasteiger partial charge in [-0.2, -0.15) is 0 Å². The molecule has 116 valence electrons. The Hall–Kier alpha value is -1.11. The molecule has 5 nitrogen and oxygen atoms in total. The second-order valence-corrected chi connectivity index (χ2v) is 7.91. The van der Waals surface area contributed by atoms with Crippen LogP contribution in [0.15, 0.2) is 23.1 Å². The molecule has 0 bridgehead atoms. The number of rotatable bonds is 4. The first kappa shape index (κ1) is 16.3. The van der Waals surface area contributed by atoms with Crippen molar-refractivity contribution in [1.82, 2.24) is 9.62 Å². The molecule has 0 aromatic heterocycles. The molecule has 1 aromatic carbocycles. The van der Waals surface area contributed by atoms with Gasteiger partial charge >= 0.3 is 0 Å². The molecule has 0 atom stereocenters. The summed E-state index contributed by atoms with van der Waals surface area (Å²) in [6.45, 7) is 0. The average Bonchev–Trinajstić information content (AvgIpc) is 2.91. The molecule has 0 saturated heterocycles. The predicted molar refractivity (Wildman–Crippen MR) is 82.0 cm³/mol. The maximum absolute atomic E-state index is 12.2. The summed E-state index contributed by atoms with van der Waals surface area (Å²) in [5.74, 6) is -0.256. The summed E-state index contributed by atoms with van der Waals surface area (Å²) in [4.78, 5) is 12.2. The number of nitrogens with one attached hydrogen (secondary N) is 1. The van der Waals surface area contributed by atoms with Crippen molar-refractivity contribution in [2.75, 3.05) is 14.1 Å². The first-order valence-corrected chi connectivity index (χ1v) is 8.67. The van der Waals surface area contributed by atoms with Gasteiger partial charge in [0, 0.05) is 25.7 Å². The van der Waals surface area contributed by atoms with Gasteiger partial charge < -0.3 is 5.32 Å². The third-order valence-electron chi connectivity index (χ3n) is 3.64. The monoisotopic (exact) mass is 330 g/mol. The molecule has 0 spiro atoms. The number of hydrogen-bond acceptors (Lipinski definition) is 3. The number of benzene rings is 1. The van der Waals surface area contributed by atoms with Crippen LogP contribution < -0.4 is 5.32 Å². The molecular weight excluding hydrogens is 312 g/mol. The third kappa shape index (κ3) is 3.56. The van der Waals surface area contributed by atoms with Crippen molar-refractivity contribution in [1.29, 1.82) is 0 Å². The highest BCUT2D eigenvalue weighted by atomic mass is 35.5. The number of nitrogens with zero attached hydrogens (tertiary/aromatic N) is 1. The molecule has 1 N–H and O–H groups in total. The molecule has 1 amide bonds. The maximum Gasteiger partial charge on any atom is 0.251 e. The van der Waals surface area contributed by atoms with E-state index in [0.29, 0.717) is 5.56 Å². The largest absolute Gasteiger partial charge is 0.349 e. The van der Waals surface area contributed by atoms with Crippen molar-refractivity contribution in [3.8, 4) is 0 Å². The quantitative estimate of drug-likeness (QED) is 0.920. The van der Waals surface area contributed by atoms with Gasteiger partial charge in [-0.15, -0.1) is 0 Å². The number of amides is 1. The molecule has 0 aliphatic heterocycles. The molecule has 2 rings (SSSR count). The van der Waals surface area contributed by atoms with Crippen LogP contribution in [-0.4, -0.2) is 38.8 Å². The minimum Gasteiger partial charge on any atom is -0.349 e. The summed E-state index contributed by atoms with van der Waals surface area (Å²) in [5, 5.41) is 3.04. The summed E-state index contributed by atoms with van der Waals surface area (Å²) in [7, 11) is -0.814. The summed E-state index contributed by atoms with van der Waals surface area (Å²) >= 11 is 5.96. The van der Waals surface area contributed by atoms with Gasteiger partial charge in [-0.25, -0.2) is 12.7 Å². The Morgan fingerprint density at radius 3 is 2.48 bits per heavy atom. The normalized spacial score (nSPS) is 16.4. The van der Waals surface area contributed by atoms with E-state index in [-0.39, 0.29) is 21.9 Å². The maximum atomic E-state index is 12.2. The van der Waals surface area contributed by atoms with E-state index in [1.54, 1.807) is 6.07 Å². The molecule has 1 aliphatic carbocycles. The standard InChI is InChI=1S/C14H19ClN2O3S/c1-17(2)21(19,20)13-9-10(7-8-12(13)15)14(18)16-11-5-3-4-6-11/h7-9,11H,3-6H2,1-2H3,(H,16,18). The third-order valence-corrected chi connectivity index (χ3v) is 5.94. The fraction of sp³-hybridized carbons (Fsp3) is 0.500. The SMILES string of the molecule is CN(C)S(=O)(=O)c1cc(C(=O)NC2CCCC2)ccc1Cl. The van der Waals surface area contributed by atoms with Crippen LogP contribution in [-0.2, 0) is 10.0 Å². The van der Waals surface area contributed by atoms with Gasteiger partial charge in [0.1, 0.15) is 4.90 Å². The summed E-state index contributed by atoms with van der Waals surface area (Å²) in [6, 6.07) is 4.51. The van der Waals surface area contributed by atoms with Crippen LogP contribution in [0.5, 0.6) is 0 Å². The second-order valence-electron chi connectivity index (χ2n) is 5.39. The molecule has 0 heterocycles. The summed E-state index contributed by atoms with van der Waals surface area (Å²) < 4.78 is 25.4. The van der Waals surface area contributed by atoms with Crippen LogP contribution in [0.3, 0.4) is 0 Å². The highest BCUT2D eigenvalue weighted by Crippen LogP contribution is 2.25. The molecule has 1 aliphatic rings. The van der Waals surface area contributed by atoms with Crippen molar-refractivity contribution in [3.05, 3.63) is 28.8 Å². The van der Waals surface area contributed by atoms with Crippen LogP contribution in [0.25, 0.3) is 0 Å². The van der Waals surface area contributed by atoms with E-state index < -0.39 is 10.0 Å². The topological polar surface area (TPSA) is 66.5 Å². The smallest absolute Gasteiger partial charge is 0.251 e. The van der Waals surface area contributed by atoms with Gasteiger partial charge in [-0.3, -0.25) is 4.79 Å². The van der Waals surface area contributed by atoms with E-state index in [9.17, 15) is 13.2 Å². The number of carbonyl (C=O) groups is 1. The van der Waals surface area contributed by atoms with E-state index in [1.807, 2.05) is 0 Å². The predicted octanol–water partition coefficient (Wildman–Crippen LogP) is 2.26. The molecule has 7 heteroatoms. The Bertz CT molecular complexity index is 638. The Morgan fingerprint density at radius 1 is 1.29 bits per heavy atom. The van der Waals surface area contributed by atoms with Gasteiger partial charge in [0.15, 0.2) is 0 Å². The zero-order valence-corrected chi connectivity index (χ0v) is 13.7. The molecular formula is C14H19ClN2O3S. The van der Waals surface area contributed by atoms with Crippen molar-refractivity contribution >= 4 is 27.5 Å². The minimum absolute atomic E-state index is 0.0479.